The molecule has 4 heteroatoms. The fraction of sp³-hybridized carbons (Fsp3) is 0.545. The van der Waals surface area contributed by atoms with E-state index in [-0.39, 0.29) is 26.6 Å². The number of fused-ring (bicyclic) bond motifs is 1. The molecule has 1 saturated heterocycles. The monoisotopic (exact) mass is 322 g/mol. The Morgan fingerprint density at radius 1 is 1.33 bits per heavy atom. The van der Waals surface area contributed by atoms with E-state index >= 15 is 0 Å². The van der Waals surface area contributed by atoms with Crippen molar-refractivity contribution < 1.29 is 4.79 Å². The smallest absolute Gasteiger partial charge is 0.229 e. The quantitative estimate of drug-likeness (QED) is 0.685. The number of hydrogen-bond acceptors (Lipinski definition) is 2. The number of hydrogen-bond donors (Lipinski definition) is 1. The Balaban J connectivity index is 0.000000442. The summed E-state index contributed by atoms with van der Waals surface area (Å²) in [6.45, 7) is 10.0. The Labute approximate surface area is 102 Å². The van der Waals surface area contributed by atoms with E-state index in [1.54, 1.807) is 6.20 Å². The third-order valence-electron chi connectivity index (χ3n) is 1.50. The molecule has 2 rings (SSSR count). The minimum Gasteiger partial charge on any atom is -0.324 e. The summed E-state index contributed by atoms with van der Waals surface area (Å²) in [5.74, 6) is 0.121. The molecule has 0 radical (unpaired) electrons. The summed E-state index contributed by atoms with van der Waals surface area (Å²) in [6, 6.07) is 0. The van der Waals surface area contributed by atoms with Crippen LogP contribution in [-0.4, -0.2) is 13.1 Å². The van der Waals surface area contributed by atoms with Crippen LogP contribution in [0.25, 0.3) is 0 Å². The SMILES string of the molecule is CC.CC.CC1=NC=C2NC(=O)CC2=I1. The van der Waals surface area contributed by atoms with Gasteiger partial charge in [0.2, 0.25) is 5.91 Å². The largest absolute Gasteiger partial charge is 0.324 e. The summed E-state index contributed by atoms with van der Waals surface area (Å²) < 4.78 is 2.49. The first-order chi connectivity index (χ1) is 7.25. The second-order valence-electron chi connectivity index (χ2n) is 2.39. The van der Waals surface area contributed by atoms with Crippen molar-refractivity contribution in [3.05, 3.63) is 11.9 Å². The summed E-state index contributed by atoms with van der Waals surface area (Å²) in [6.07, 6.45) is 2.37. The average molecular weight is 322 g/mol. The van der Waals surface area contributed by atoms with Gasteiger partial charge in [-0.2, -0.15) is 0 Å². The molecule has 0 spiro atoms. The van der Waals surface area contributed by atoms with Crippen LogP contribution in [0, 0.1) is 0 Å². The van der Waals surface area contributed by atoms with Crippen molar-refractivity contribution in [3.8, 4) is 0 Å². The maximum Gasteiger partial charge on any atom is 0.229 e. The maximum absolute atomic E-state index is 10.9. The van der Waals surface area contributed by atoms with Crippen LogP contribution in [-0.2, 0) is 4.79 Å². The minimum absolute atomic E-state index is 0.104. The van der Waals surface area contributed by atoms with Gasteiger partial charge in [-0.1, -0.05) is 48.4 Å². The highest BCUT2D eigenvalue weighted by Crippen LogP contribution is 2.21. The van der Waals surface area contributed by atoms with Crippen molar-refractivity contribution >= 4 is 33.9 Å². The lowest BCUT2D eigenvalue weighted by Crippen LogP contribution is -2.12. The standard InChI is InChI=1S/C7H7IN2O.2C2H6/c1-4-8-5-2-7(11)10-6(5)3-9-4;2*1-2/h3H,2H2,1H3,(H,10,11);2*1-2H3. The summed E-state index contributed by atoms with van der Waals surface area (Å²) in [4.78, 5) is 15.1. The topological polar surface area (TPSA) is 41.5 Å². The summed E-state index contributed by atoms with van der Waals surface area (Å²) >= 11 is -0.104. The van der Waals surface area contributed by atoms with E-state index in [2.05, 4.69) is 10.3 Å². The number of nitrogens with zero attached hydrogens (tertiary/aromatic N) is 1. The molecular weight excluding hydrogens is 303 g/mol. The predicted octanol–water partition coefficient (Wildman–Crippen LogP) is 2.98. The normalized spacial score (nSPS) is 17.1. The molecule has 1 N–H and O–H groups in total. The number of nitrogens with one attached hydrogen (secondary N) is 1. The summed E-state index contributed by atoms with van der Waals surface area (Å²) in [7, 11) is 0. The van der Waals surface area contributed by atoms with Crippen LogP contribution >= 0.6 is 20.7 Å². The molecule has 0 aromatic heterocycles. The van der Waals surface area contributed by atoms with Crippen LogP contribution in [0.1, 0.15) is 41.0 Å². The molecular formula is C11H19IN2O. The van der Waals surface area contributed by atoms with Crippen molar-refractivity contribution in [2.75, 3.05) is 0 Å². The highest BCUT2D eigenvalue weighted by atomic mass is 127. The van der Waals surface area contributed by atoms with Gasteiger partial charge < -0.3 is 5.32 Å². The number of halogens is 1. The molecule has 2 aliphatic heterocycles. The van der Waals surface area contributed by atoms with Crippen molar-refractivity contribution in [1.29, 1.82) is 0 Å². The zero-order valence-electron chi connectivity index (χ0n) is 10.0. The van der Waals surface area contributed by atoms with Crippen LogP contribution < -0.4 is 5.32 Å². The van der Waals surface area contributed by atoms with Gasteiger partial charge in [0, 0.05) is 3.51 Å². The molecule has 15 heavy (non-hydrogen) atoms. The number of allylic oxidation sites excluding steroid dienone is 1. The minimum atomic E-state index is -0.104. The summed E-state index contributed by atoms with van der Waals surface area (Å²) in [5, 5.41) is 2.78. The van der Waals surface area contributed by atoms with Crippen LogP contribution in [0.4, 0.5) is 0 Å². The molecule has 1 fully saturated rings. The second kappa shape index (κ2) is 7.73. The van der Waals surface area contributed by atoms with Gasteiger partial charge in [-0.25, -0.2) is 0 Å². The highest BCUT2D eigenvalue weighted by molar-refractivity contribution is 14.2. The van der Waals surface area contributed by atoms with Crippen molar-refractivity contribution in [2.24, 2.45) is 4.99 Å². The van der Waals surface area contributed by atoms with Crippen LogP contribution in [0.2, 0.25) is 0 Å². The first kappa shape index (κ1) is 14.5. The van der Waals surface area contributed by atoms with E-state index in [1.807, 2.05) is 34.6 Å². The van der Waals surface area contributed by atoms with E-state index in [9.17, 15) is 4.79 Å². The molecule has 3 nitrogen and oxygen atoms in total. The number of carbonyl (C=O) groups is 1. The van der Waals surface area contributed by atoms with E-state index < -0.39 is 0 Å². The summed E-state index contributed by atoms with van der Waals surface area (Å²) in [5.41, 5.74) is 0.966. The fourth-order valence-electron chi connectivity index (χ4n) is 1.03. The predicted molar refractivity (Wildman–Crippen MR) is 75.7 cm³/mol. The molecule has 0 aromatic rings. The van der Waals surface area contributed by atoms with Gasteiger partial charge in [0.25, 0.3) is 0 Å². The third kappa shape index (κ3) is 4.24. The molecule has 0 bridgehead atoms. The van der Waals surface area contributed by atoms with Crippen molar-refractivity contribution in [3.63, 3.8) is 0 Å². The maximum atomic E-state index is 10.9. The first-order valence-corrected chi connectivity index (χ1v) is 7.47. The molecule has 0 unspecified atom stereocenters. The second-order valence-corrected chi connectivity index (χ2v) is 5.80. The molecule has 0 aliphatic carbocycles. The lowest BCUT2D eigenvalue weighted by atomic mass is 10.3. The fourth-order valence-corrected chi connectivity index (χ4v) is 3.35. The molecule has 0 atom stereocenters. The van der Waals surface area contributed by atoms with E-state index in [1.165, 1.54) is 7.23 Å². The van der Waals surface area contributed by atoms with Crippen molar-refractivity contribution in [1.82, 2.24) is 5.32 Å². The Bertz CT molecular complexity index is 317. The van der Waals surface area contributed by atoms with Gasteiger partial charge in [-0.05, 0) is 6.92 Å². The lowest BCUT2D eigenvalue weighted by molar-refractivity contribution is -0.118. The van der Waals surface area contributed by atoms with Crippen LogP contribution in [0.3, 0.4) is 0 Å². The third-order valence-corrected chi connectivity index (χ3v) is 4.18. The zero-order chi connectivity index (χ0) is 11.8. The van der Waals surface area contributed by atoms with Gasteiger partial charge in [0.1, 0.15) is 0 Å². The molecule has 0 saturated carbocycles. The van der Waals surface area contributed by atoms with E-state index in [0.29, 0.717) is 6.42 Å². The number of rotatable bonds is 0. The number of aliphatic imine (C=N–C) groups is 1. The molecule has 86 valence electrons. The van der Waals surface area contributed by atoms with Gasteiger partial charge in [0.15, 0.2) is 0 Å². The average Bonchev–Trinajstić information content (AvgIpc) is 2.63. The lowest BCUT2D eigenvalue weighted by Gasteiger charge is -2.02. The van der Waals surface area contributed by atoms with E-state index in [0.717, 1.165) is 5.70 Å². The Morgan fingerprint density at radius 3 is 2.53 bits per heavy atom. The van der Waals surface area contributed by atoms with Gasteiger partial charge in [-0.15, -0.1) is 0 Å². The van der Waals surface area contributed by atoms with Crippen LogP contribution in [0.5, 0.6) is 0 Å². The Kier molecular flexibility index (Phi) is 7.46. The Hall–Kier alpha value is -0.520. The molecule has 1 amide bonds. The van der Waals surface area contributed by atoms with E-state index in [4.69, 9.17) is 0 Å². The van der Waals surface area contributed by atoms with Gasteiger partial charge in [0.05, 0.1) is 22.0 Å². The molecule has 2 heterocycles. The molecule has 2 aliphatic rings. The molecule has 0 aromatic carbocycles. The van der Waals surface area contributed by atoms with Crippen LogP contribution in [0.15, 0.2) is 16.9 Å². The first-order valence-electron chi connectivity index (χ1n) is 5.31. The van der Waals surface area contributed by atoms with Crippen molar-refractivity contribution in [2.45, 2.75) is 41.0 Å². The zero-order valence-corrected chi connectivity index (χ0v) is 12.2. The van der Waals surface area contributed by atoms with Gasteiger partial charge in [-0.3, -0.25) is 9.79 Å². The highest BCUT2D eigenvalue weighted by Gasteiger charge is 2.22. The Morgan fingerprint density at radius 2 is 1.93 bits per heavy atom. The number of carbonyl (C=O) groups excluding carboxylic acids is 1. The van der Waals surface area contributed by atoms with Gasteiger partial charge >= 0.3 is 0 Å². The number of amides is 1.